The van der Waals surface area contributed by atoms with E-state index in [2.05, 4.69) is 17.6 Å². The van der Waals surface area contributed by atoms with Crippen LogP contribution >= 0.6 is 0 Å². The third kappa shape index (κ3) is 5.42. The maximum atomic E-state index is 11.6. The van der Waals surface area contributed by atoms with Crippen molar-refractivity contribution in [2.75, 3.05) is 0 Å². The fourth-order valence-corrected chi connectivity index (χ4v) is 1.73. The minimum Gasteiger partial charge on any atom is -0.478 e. The van der Waals surface area contributed by atoms with Crippen LogP contribution in [0.15, 0.2) is 24.3 Å². The number of aromatic carboxylic acids is 1. The highest BCUT2D eigenvalue weighted by Crippen LogP contribution is 2.04. The summed E-state index contributed by atoms with van der Waals surface area (Å²) in [5, 5.41) is 14.3. The largest absolute Gasteiger partial charge is 0.478 e. The maximum absolute atomic E-state index is 11.6. The van der Waals surface area contributed by atoms with Crippen LogP contribution in [0.2, 0.25) is 0 Å². The second-order valence-electron chi connectivity index (χ2n) is 4.52. The molecule has 1 aromatic rings. The van der Waals surface area contributed by atoms with Gasteiger partial charge in [-0.25, -0.2) is 9.59 Å². The van der Waals surface area contributed by atoms with Crippen LogP contribution in [-0.4, -0.2) is 23.1 Å². The van der Waals surface area contributed by atoms with Crippen LogP contribution in [-0.2, 0) is 6.54 Å². The first-order valence-corrected chi connectivity index (χ1v) is 6.39. The molecule has 3 N–H and O–H groups in total. The van der Waals surface area contributed by atoms with Gasteiger partial charge in [0.25, 0.3) is 0 Å². The predicted octanol–water partition coefficient (Wildman–Crippen LogP) is 2.37. The van der Waals surface area contributed by atoms with E-state index in [1.165, 1.54) is 12.1 Å². The molecule has 2 amide bonds. The highest BCUT2D eigenvalue weighted by atomic mass is 16.4. The van der Waals surface area contributed by atoms with E-state index >= 15 is 0 Å². The molecule has 0 saturated carbocycles. The van der Waals surface area contributed by atoms with E-state index < -0.39 is 5.97 Å². The molecule has 0 aliphatic rings. The van der Waals surface area contributed by atoms with Gasteiger partial charge in [0.15, 0.2) is 0 Å². The Morgan fingerprint density at radius 1 is 1.26 bits per heavy atom. The van der Waals surface area contributed by atoms with Crippen LogP contribution in [0.5, 0.6) is 0 Å². The fraction of sp³-hybridized carbons (Fsp3) is 0.429. The molecule has 0 heterocycles. The van der Waals surface area contributed by atoms with Crippen molar-refractivity contribution < 1.29 is 14.7 Å². The lowest BCUT2D eigenvalue weighted by Gasteiger charge is -2.13. The number of carbonyl (C=O) groups excluding carboxylic acids is 1. The lowest BCUT2D eigenvalue weighted by molar-refractivity contribution is 0.0697. The second kappa shape index (κ2) is 7.41. The van der Waals surface area contributed by atoms with Gasteiger partial charge in [-0.1, -0.05) is 25.5 Å². The Morgan fingerprint density at radius 2 is 1.89 bits per heavy atom. The summed E-state index contributed by atoms with van der Waals surface area (Å²) in [5.74, 6) is -0.953. The van der Waals surface area contributed by atoms with E-state index in [1.807, 2.05) is 6.92 Å². The third-order valence-electron chi connectivity index (χ3n) is 2.75. The monoisotopic (exact) mass is 264 g/mol. The molecular weight excluding hydrogens is 244 g/mol. The zero-order valence-electron chi connectivity index (χ0n) is 11.3. The van der Waals surface area contributed by atoms with Gasteiger partial charge in [-0.3, -0.25) is 0 Å². The van der Waals surface area contributed by atoms with E-state index in [1.54, 1.807) is 12.1 Å². The number of urea groups is 1. The number of carboxylic acid groups (broad SMARTS) is 1. The minimum absolute atomic E-state index is 0.152. The van der Waals surface area contributed by atoms with E-state index in [-0.39, 0.29) is 17.6 Å². The molecule has 0 bridgehead atoms. The molecule has 104 valence electrons. The van der Waals surface area contributed by atoms with Gasteiger partial charge < -0.3 is 15.7 Å². The zero-order chi connectivity index (χ0) is 14.3. The molecule has 0 spiro atoms. The van der Waals surface area contributed by atoms with Crippen LogP contribution in [0.25, 0.3) is 0 Å². The molecule has 0 aromatic heterocycles. The molecule has 0 aliphatic carbocycles. The maximum Gasteiger partial charge on any atom is 0.335 e. The molecule has 0 fully saturated rings. The van der Waals surface area contributed by atoms with Crippen LogP contribution < -0.4 is 10.6 Å². The number of nitrogens with one attached hydrogen (secondary N) is 2. The first kappa shape index (κ1) is 15.0. The summed E-state index contributed by atoms with van der Waals surface area (Å²) in [5.41, 5.74) is 1.10. The zero-order valence-corrected chi connectivity index (χ0v) is 11.3. The molecule has 0 saturated heterocycles. The van der Waals surface area contributed by atoms with Crippen LogP contribution in [0.1, 0.15) is 42.6 Å². The number of hydrogen-bond donors (Lipinski definition) is 3. The molecule has 1 atom stereocenters. The minimum atomic E-state index is -0.953. The van der Waals surface area contributed by atoms with Crippen molar-refractivity contribution in [1.29, 1.82) is 0 Å². The highest BCUT2D eigenvalue weighted by molar-refractivity contribution is 5.87. The van der Waals surface area contributed by atoms with Crippen molar-refractivity contribution >= 4 is 12.0 Å². The van der Waals surface area contributed by atoms with Gasteiger partial charge in [-0.15, -0.1) is 0 Å². The van der Waals surface area contributed by atoms with Crippen molar-refractivity contribution in [2.24, 2.45) is 0 Å². The van der Waals surface area contributed by atoms with E-state index in [9.17, 15) is 9.59 Å². The van der Waals surface area contributed by atoms with Crippen LogP contribution in [0.3, 0.4) is 0 Å². The Bertz CT molecular complexity index is 429. The van der Waals surface area contributed by atoms with Crippen molar-refractivity contribution in [3.63, 3.8) is 0 Å². The Hall–Kier alpha value is -2.04. The number of carboxylic acids is 1. The van der Waals surface area contributed by atoms with Crippen LogP contribution in [0, 0.1) is 0 Å². The molecule has 5 nitrogen and oxygen atoms in total. The Balaban J connectivity index is 2.39. The van der Waals surface area contributed by atoms with Gasteiger partial charge in [0, 0.05) is 12.6 Å². The number of amides is 2. The standard InChI is InChI=1S/C14H20N2O3/c1-3-4-10(2)16-14(19)15-9-11-5-7-12(8-6-11)13(17)18/h5-8,10H,3-4,9H2,1-2H3,(H,17,18)(H2,15,16,19). The summed E-state index contributed by atoms with van der Waals surface area (Å²) in [6, 6.07) is 6.38. The quantitative estimate of drug-likeness (QED) is 0.738. The number of rotatable bonds is 6. The molecule has 1 unspecified atom stereocenters. The van der Waals surface area contributed by atoms with Crippen molar-refractivity contribution in [1.82, 2.24) is 10.6 Å². The van der Waals surface area contributed by atoms with E-state index in [0.29, 0.717) is 6.54 Å². The van der Waals surface area contributed by atoms with Gasteiger partial charge in [0.05, 0.1) is 5.56 Å². The molecule has 0 aliphatic heterocycles. The topological polar surface area (TPSA) is 78.4 Å². The predicted molar refractivity (Wildman–Crippen MR) is 73.1 cm³/mol. The number of hydrogen-bond acceptors (Lipinski definition) is 2. The van der Waals surface area contributed by atoms with Crippen LogP contribution in [0.4, 0.5) is 4.79 Å². The first-order valence-electron chi connectivity index (χ1n) is 6.39. The smallest absolute Gasteiger partial charge is 0.335 e. The summed E-state index contributed by atoms with van der Waals surface area (Å²) in [7, 11) is 0. The molecule has 5 heteroatoms. The Kier molecular flexibility index (Phi) is 5.85. The fourth-order valence-electron chi connectivity index (χ4n) is 1.73. The summed E-state index contributed by atoms with van der Waals surface area (Å²) < 4.78 is 0. The number of carbonyl (C=O) groups is 2. The van der Waals surface area contributed by atoms with Crippen molar-refractivity contribution in [2.45, 2.75) is 39.3 Å². The average Bonchev–Trinajstić information content (AvgIpc) is 2.37. The van der Waals surface area contributed by atoms with E-state index in [4.69, 9.17) is 5.11 Å². The molecule has 0 radical (unpaired) electrons. The second-order valence-corrected chi connectivity index (χ2v) is 4.52. The number of benzene rings is 1. The SMILES string of the molecule is CCCC(C)NC(=O)NCc1ccc(C(=O)O)cc1. The van der Waals surface area contributed by atoms with Gasteiger partial charge in [0.2, 0.25) is 0 Å². The lowest BCUT2D eigenvalue weighted by Crippen LogP contribution is -2.40. The molecule has 19 heavy (non-hydrogen) atoms. The molecule has 1 rings (SSSR count). The first-order chi connectivity index (χ1) is 9.02. The van der Waals surface area contributed by atoms with Crippen molar-refractivity contribution in [3.8, 4) is 0 Å². The van der Waals surface area contributed by atoms with Gasteiger partial charge in [-0.2, -0.15) is 0 Å². The summed E-state index contributed by atoms with van der Waals surface area (Å²) in [4.78, 5) is 22.2. The van der Waals surface area contributed by atoms with Gasteiger partial charge >= 0.3 is 12.0 Å². The molecule has 1 aromatic carbocycles. The highest BCUT2D eigenvalue weighted by Gasteiger charge is 2.06. The van der Waals surface area contributed by atoms with Gasteiger partial charge in [-0.05, 0) is 31.0 Å². The van der Waals surface area contributed by atoms with Gasteiger partial charge in [0.1, 0.15) is 0 Å². The average molecular weight is 264 g/mol. The lowest BCUT2D eigenvalue weighted by atomic mass is 10.1. The summed E-state index contributed by atoms with van der Waals surface area (Å²) in [6.07, 6.45) is 1.97. The third-order valence-corrected chi connectivity index (χ3v) is 2.75. The Morgan fingerprint density at radius 3 is 2.42 bits per heavy atom. The normalized spacial score (nSPS) is 11.7. The van der Waals surface area contributed by atoms with E-state index in [0.717, 1.165) is 18.4 Å². The molecular formula is C14H20N2O3. The van der Waals surface area contributed by atoms with Crippen molar-refractivity contribution in [3.05, 3.63) is 35.4 Å². The summed E-state index contributed by atoms with van der Waals surface area (Å²) >= 11 is 0. The Labute approximate surface area is 113 Å². The summed E-state index contributed by atoms with van der Waals surface area (Å²) in [6.45, 7) is 4.41.